The summed E-state index contributed by atoms with van der Waals surface area (Å²) in [4.78, 5) is 15.6. The van der Waals surface area contributed by atoms with E-state index in [0.717, 1.165) is 15.8 Å². The molecule has 0 radical (unpaired) electrons. The summed E-state index contributed by atoms with van der Waals surface area (Å²) in [7, 11) is 0. The third-order valence-electron chi connectivity index (χ3n) is 3.02. The van der Waals surface area contributed by atoms with Gasteiger partial charge in [0.2, 0.25) is 11.8 Å². The highest BCUT2D eigenvalue weighted by Gasteiger charge is 2.12. The average molecular weight is 349 g/mol. The molecule has 2 N–H and O–H groups in total. The van der Waals surface area contributed by atoms with Crippen LogP contribution < -0.4 is 10.5 Å². The summed E-state index contributed by atoms with van der Waals surface area (Å²) in [6, 6.07) is 9.01. The number of hydrogen-bond donors (Lipinski definition) is 1. The highest BCUT2D eigenvalue weighted by molar-refractivity contribution is 9.10. The largest absolute Gasteiger partial charge is 0.439 e. The molecule has 1 amide bonds. The Kier molecular flexibility index (Phi) is 4.63. The molecule has 110 valence electrons. The normalized spacial score (nSPS) is 10.7. The molecular weight excluding hydrogens is 332 g/mol. The number of pyridine rings is 1. The van der Waals surface area contributed by atoms with E-state index in [2.05, 4.69) is 34.8 Å². The molecule has 2 aromatic rings. The SMILES string of the molecule is Cc1cc(C(N)=O)cc(Oc2ccc(Br)cc2C(C)C)n1. The predicted octanol–water partition coefficient (Wildman–Crippen LogP) is 4.17. The zero-order chi connectivity index (χ0) is 15.6. The number of rotatable bonds is 4. The van der Waals surface area contributed by atoms with E-state index >= 15 is 0 Å². The van der Waals surface area contributed by atoms with Crippen molar-refractivity contribution in [1.29, 1.82) is 0 Å². The molecule has 0 aliphatic heterocycles. The molecule has 0 aliphatic carbocycles. The van der Waals surface area contributed by atoms with Crippen LogP contribution >= 0.6 is 15.9 Å². The monoisotopic (exact) mass is 348 g/mol. The molecule has 0 saturated carbocycles. The maximum absolute atomic E-state index is 11.3. The van der Waals surface area contributed by atoms with Gasteiger partial charge in [-0.3, -0.25) is 4.79 Å². The minimum absolute atomic E-state index is 0.304. The van der Waals surface area contributed by atoms with Crippen LogP contribution in [0.15, 0.2) is 34.8 Å². The van der Waals surface area contributed by atoms with Crippen molar-refractivity contribution in [3.8, 4) is 11.6 Å². The molecule has 2 rings (SSSR count). The first kappa shape index (κ1) is 15.5. The standard InChI is InChI=1S/C16H17BrN2O2/c1-9(2)13-8-12(17)4-5-14(13)21-15-7-11(16(18)20)6-10(3)19-15/h4-9H,1-3H3,(H2,18,20). The molecule has 0 aliphatic rings. The topological polar surface area (TPSA) is 65.2 Å². The van der Waals surface area contributed by atoms with E-state index < -0.39 is 5.91 Å². The van der Waals surface area contributed by atoms with Crippen LogP contribution in [0.5, 0.6) is 11.6 Å². The van der Waals surface area contributed by atoms with E-state index in [1.807, 2.05) is 18.2 Å². The van der Waals surface area contributed by atoms with Crippen molar-refractivity contribution in [1.82, 2.24) is 4.98 Å². The molecule has 0 saturated heterocycles. The number of halogens is 1. The zero-order valence-corrected chi connectivity index (χ0v) is 13.8. The molecule has 0 fully saturated rings. The summed E-state index contributed by atoms with van der Waals surface area (Å²) in [5.74, 6) is 0.901. The third kappa shape index (κ3) is 3.82. The number of benzene rings is 1. The van der Waals surface area contributed by atoms with E-state index in [4.69, 9.17) is 10.5 Å². The summed E-state index contributed by atoms with van der Waals surface area (Å²) in [6.45, 7) is 5.98. The fourth-order valence-electron chi connectivity index (χ4n) is 2.01. The van der Waals surface area contributed by atoms with Crippen LogP contribution in [0.2, 0.25) is 0 Å². The number of carbonyl (C=O) groups is 1. The zero-order valence-electron chi connectivity index (χ0n) is 12.2. The smallest absolute Gasteiger partial charge is 0.248 e. The van der Waals surface area contributed by atoms with Gasteiger partial charge in [-0.25, -0.2) is 4.98 Å². The lowest BCUT2D eigenvalue weighted by molar-refractivity contribution is 0.0999. The van der Waals surface area contributed by atoms with Crippen LogP contribution in [-0.2, 0) is 0 Å². The van der Waals surface area contributed by atoms with Gasteiger partial charge in [0, 0.05) is 21.8 Å². The van der Waals surface area contributed by atoms with Crippen LogP contribution in [0.25, 0.3) is 0 Å². The molecule has 1 aromatic heterocycles. The lowest BCUT2D eigenvalue weighted by atomic mass is 10.0. The molecule has 0 spiro atoms. The van der Waals surface area contributed by atoms with E-state index in [9.17, 15) is 4.79 Å². The second-order valence-corrected chi connectivity index (χ2v) is 6.05. The number of nitrogens with two attached hydrogens (primary N) is 1. The molecule has 0 bridgehead atoms. The Morgan fingerprint density at radius 3 is 2.62 bits per heavy atom. The molecular formula is C16H17BrN2O2. The van der Waals surface area contributed by atoms with Gasteiger partial charge in [0.25, 0.3) is 0 Å². The first-order valence-corrected chi connectivity index (χ1v) is 7.42. The lowest BCUT2D eigenvalue weighted by Gasteiger charge is -2.14. The van der Waals surface area contributed by atoms with Gasteiger partial charge < -0.3 is 10.5 Å². The molecule has 1 aromatic carbocycles. The number of nitrogens with zero attached hydrogens (tertiary/aromatic N) is 1. The minimum Gasteiger partial charge on any atom is -0.439 e. The van der Waals surface area contributed by atoms with Gasteiger partial charge in [-0.05, 0) is 42.7 Å². The van der Waals surface area contributed by atoms with Crippen LogP contribution in [-0.4, -0.2) is 10.9 Å². The maximum atomic E-state index is 11.3. The predicted molar refractivity (Wildman–Crippen MR) is 85.8 cm³/mol. The van der Waals surface area contributed by atoms with Crippen LogP contribution in [0.1, 0.15) is 41.4 Å². The Hall–Kier alpha value is -1.88. The fourth-order valence-corrected chi connectivity index (χ4v) is 2.39. The second-order valence-electron chi connectivity index (χ2n) is 5.14. The lowest BCUT2D eigenvalue weighted by Crippen LogP contribution is -2.11. The van der Waals surface area contributed by atoms with Crippen molar-refractivity contribution in [2.24, 2.45) is 5.73 Å². The van der Waals surface area contributed by atoms with Crippen LogP contribution in [0.3, 0.4) is 0 Å². The average Bonchev–Trinajstić information content (AvgIpc) is 2.40. The Labute approximate surface area is 132 Å². The van der Waals surface area contributed by atoms with Crippen molar-refractivity contribution in [2.75, 3.05) is 0 Å². The summed E-state index contributed by atoms with van der Waals surface area (Å²) in [5.41, 5.74) is 7.45. The number of hydrogen-bond acceptors (Lipinski definition) is 3. The maximum Gasteiger partial charge on any atom is 0.248 e. The third-order valence-corrected chi connectivity index (χ3v) is 3.52. The first-order valence-electron chi connectivity index (χ1n) is 6.62. The van der Waals surface area contributed by atoms with E-state index in [1.165, 1.54) is 0 Å². The Balaban J connectivity index is 2.40. The van der Waals surface area contributed by atoms with Crippen LogP contribution in [0.4, 0.5) is 0 Å². The number of aromatic nitrogens is 1. The van der Waals surface area contributed by atoms with Gasteiger partial charge in [0.15, 0.2) is 0 Å². The fraction of sp³-hybridized carbons (Fsp3) is 0.250. The Morgan fingerprint density at radius 1 is 1.29 bits per heavy atom. The van der Waals surface area contributed by atoms with Gasteiger partial charge in [-0.1, -0.05) is 29.8 Å². The summed E-state index contributed by atoms with van der Waals surface area (Å²) in [5, 5.41) is 0. The number of carbonyl (C=O) groups excluding carboxylic acids is 1. The summed E-state index contributed by atoms with van der Waals surface area (Å²) in [6.07, 6.45) is 0. The Bertz CT molecular complexity index is 684. The second kappa shape index (κ2) is 6.26. The van der Waals surface area contributed by atoms with Crippen molar-refractivity contribution in [3.05, 3.63) is 51.6 Å². The molecule has 21 heavy (non-hydrogen) atoms. The van der Waals surface area contributed by atoms with Gasteiger partial charge >= 0.3 is 0 Å². The van der Waals surface area contributed by atoms with Gasteiger partial charge in [-0.15, -0.1) is 0 Å². The first-order chi connectivity index (χ1) is 9.86. The summed E-state index contributed by atoms with van der Waals surface area (Å²) < 4.78 is 6.85. The van der Waals surface area contributed by atoms with E-state index in [0.29, 0.717) is 23.1 Å². The van der Waals surface area contributed by atoms with Crippen LogP contribution in [0, 0.1) is 6.92 Å². The van der Waals surface area contributed by atoms with E-state index in [-0.39, 0.29) is 0 Å². The Morgan fingerprint density at radius 2 is 2.00 bits per heavy atom. The highest BCUT2D eigenvalue weighted by Crippen LogP contribution is 2.32. The van der Waals surface area contributed by atoms with E-state index in [1.54, 1.807) is 19.1 Å². The van der Waals surface area contributed by atoms with Crippen molar-refractivity contribution in [2.45, 2.75) is 26.7 Å². The number of amides is 1. The number of primary amides is 1. The van der Waals surface area contributed by atoms with Gasteiger partial charge in [0.1, 0.15) is 5.75 Å². The van der Waals surface area contributed by atoms with Crippen molar-refractivity contribution < 1.29 is 9.53 Å². The molecule has 4 nitrogen and oxygen atoms in total. The molecule has 5 heteroatoms. The number of ether oxygens (including phenoxy) is 1. The number of aryl methyl sites for hydroxylation is 1. The minimum atomic E-state index is -0.495. The van der Waals surface area contributed by atoms with Gasteiger partial charge in [-0.2, -0.15) is 0 Å². The highest BCUT2D eigenvalue weighted by atomic mass is 79.9. The quantitative estimate of drug-likeness (QED) is 0.901. The van der Waals surface area contributed by atoms with Crippen molar-refractivity contribution in [3.63, 3.8) is 0 Å². The molecule has 0 unspecified atom stereocenters. The summed E-state index contributed by atoms with van der Waals surface area (Å²) >= 11 is 3.46. The van der Waals surface area contributed by atoms with Crippen molar-refractivity contribution >= 4 is 21.8 Å². The molecule has 0 atom stereocenters. The molecule has 1 heterocycles. The van der Waals surface area contributed by atoms with Gasteiger partial charge in [0.05, 0.1) is 0 Å².